The maximum Gasteiger partial charge on any atom is 0.342 e. The number of rotatable bonds is 7. The number of nitriles is 1. The zero-order chi connectivity index (χ0) is 25.7. The van der Waals surface area contributed by atoms with Crippen molar-refractivity contribution in [3.05, 3.63) is 68.9 Å². The molecule has 0 saturated carbocycles. The van der Waals surface area contributed by atoms with Gasteiger partial charge in [-0.25, -0.2) is 4.79 Å². The largest absolute Gasteiger partial charge is 0.452 e. The first-order chi connectivity index (χ1) is 17.4. The van der Waals surface area contributed by atoms with Crippen LogP contribution in [0.3, 0.4) is 0 Å². The van der Waals surface area contributed by atoms with Crippen molar-refractivity contribution < 1.29 is 19.1 Å². The molecule has 0 radical (unpaired) electrons. The summed E-state index contributed by atoms with van der Waals surface area (Å²) in [4.78, 5) is 39.3. The quantitative estimate of drug-likeness (QED) is 0.297. The van der Waals surface area contributed by atoms with Crippen molar-refractivity contribution >= 4 is 50.5 Å². The Hall–Kier alpha value is -3.74. The summed E-state index contributed by atoms with van der Waals surface area (Å²) in [5.74, 6) is -1.59. The number of ether oxygens (including phenoxy) is 1. The summed E-state index contributed by atoms with van der Waals surface area (Å²) in [6.07, 6.45) is 5.28. The summed E-state index contributed by atoms with van der Waals surface area (Å²) in [6, 6.07) is 11.5. The van der Waals surface area contributed by atoms with E-state index in [4.69, 9.17) is 4.74 Å². The number of nitrogens with zero attached hydrogens (tertiary/aromatic N) is 1. The number of aryl methyl sites for hydroxylation is 1. The molecule has 2 amide bonds. The third-order valence-corrected chi connectivity index (χ3v) is 7.71. The van der Waals surface area contributed by atoms with Crippen LogP contribution in [0.25, 0.3) is 11.1 Å². The molecule has 3 aromatic rings. The van der Waals surface area contributed by atoms with Crippen molar-refractivity contribution in [3.63, 3.8) is 0 Å². The summed E-state index contributed by atoms with van der Waals surface area (Å²) >= 11 is 2.63. The van der Waals surface area contributed by atoms with Crippen LogP contribution in [0.2, 0.25) is 0 Å². The monoisotopic (exact) mass is 519 g/mol. The highest BCUT2D eigenvalue weighted by atomic mass is 32.1. The number of carbonyl (C=O) groups excluding carboxylic acids is 3. The zero-order valence-corrected chi connectivity index (χ0v) is 21.6. The van der Waals surface area contributed by atoms with Crippen molar-refractivity contribution in [1.29, 1.82) is 5.26 Å². The highest BCUT2D eigenvalue weighted by Crippen LogP contribution is 2.38. The molecule has 2 aromatic heterocycles. The Kier molecular flexibility index (Phi) is 7.98. The highest BCUT2D eigenvalue weighted by Gasteiger charge is 2.25. The third-order valence-electron chi connectivity index (χ3n) is 5.61. The molecule has 0 spiro atoms. The van der Waals surface area contributed by atoms with Crippen LogP contribution in [-0.2, 0) is 27.2 Å². The van der Waals surface area contributed by atoms with Gasteiger partial charge in [-0.05, 0) is 50.7 Å². The number of thiophene rings is 2. The van der Waals surface area contributed by atoms with E-state index < -0.39 is 18.5 Å². The first-order valence-electron chi connectivity index (χ1n) is 11.5. The Bertz CT molecular complexity index is 1380. The third kappa shape index (κ3) is 5.73. The second-order valence-corrected chi connectivity index (χ2v) is 10.6. The predicted molar refractivity (Wildman–Crippen MR) is 142 cm³/mol. The van der Waals surface area contributed by atoms with Crippen molar-refractivity contribution in [2.75, 3.05) is 17.2 Å². The number of carbonyl (C=O) groups is 3. The second kappa shape index (κ2) is 11.3. The first kappa shape index (κ1) is 25.4. The molecule has 1 aromatic carbocycles. The highest BCUT2D eigenvalue weighted by molar-refractivity contribution is 7.16. The van der Waals surface area contributed by atoms with E-state index in [1.54, 1.807) is 19.2 Å². The lowest BCUT2D eigenvalue weighted by molar-refractivity contribution is -0.119. The number of hydrogen-bond acceptors (Lipinski definition) is 7. The molecule has 1 aliphatic rings. The summed E-state index contributed by atoms with van der Waals surface area (Å²) in [5.41, 5.74) is 3.93. The molecule has 9 heteroatoms. The molecule has 36 heavy (non-hydrogen) atoms. The summed E-state index contributed by atoms with van der Waals surface area (Å²) in [7, 11) is 0. The van der Waals surface area contributed by atoms with Gasteiger partial charge in [-0.1, -0.05) is 35.9 Å². The number of anilines is 2. The molecular weight excluding hydrogens is 494 g/mol. The molecule has 2 heterocycles. The normalized spacial score (nSPS) is 12.1. The molecule has 0 saturated heterocycles. The van der Waals surface area contributed by atoms with Crippen LogP contribution in [0.4, 0.5) is 10.0 Å². The maximum atomic E-state index is 13.2. The minimum absolute atomic E-state index is 0.193. The average Bonchev–Trinajstić information content (AvgIpc) is 3.43. The summed E-state index contributed by atoms with van der Waals surface area (Å²) in [6.45, 7) is 3.09. The molecule has 7 nitrogen and oxygen atoms in total. The fourth-order valence-electron chi connectivity index (χ4n) is 4.03. The van der Waals surface area contributed by atoms with Crippen molar-refractivity contribution in [2.24, 2.45) is 0 Å². The number of hydrogen-bond donors (Lipinski definition) is 2. The molecule has 184 valence electrons. The van der Waals surface area contributed by atoms with E-state index in [1.807, 2.05) is 30.3 Å². The Morgan fingerprint density at radius 1 is 1.08 bits per heavy atom. The molecule has 0 aliphatic heterocycles. The van der Waals surface area contributed by atoms with Crippen LogP contribution in [0.5, 0.6) is 0 Å². The van der Waals surface area contributed by atoms with E-state index in [9.17, 15) is 19.6 Å². The van der Waals surface area contributed by atoms with Crippen molar-refractivity contribution in [3.8, 4) is 17.2 Å². The fraction of sp³-hybridized carbons (Fsp3) is 0.259. The zero-order valence-electron chi connectivity index (χ0n) is 20.0. The SMILES string of the molecule is CC(C)=CC(=O)Nc1scc(-c2ccccc2)c1C(=O)OCC(=O)Nc1sc2c(c1C#N)CCCC2. The van der Waals surface area contributed by atoms with Gasteiger partial charge in [0.05, 0.1) is 5.56 Å². The topological polar surface area (TPSA) is 108 Å². The number of amides is 2. The van der Waals surface area contributed by atoms with Gasteiger partial charge in [-0.3, -0.25) is 9.59 Å². The lowest BCUT2D eigenvalue weighted by Crippen LogP contribution is -2.21. The van der Waals surface area contributed by atoms with Crippen molar-refractivity contribution in [2.45, 2.75) is 39.5 Å². The van der Waals surface area contributed by atoms with E-state index in [1.165, 1.54) is 28.7 Å². The number of benzene rings is 1. The number of esters is 1. The predicted octanol–water partition coefficient (Wildman–Crippen LogP) is 5.93. The van der Waals surface area contributed by atoms with E-state index in [0.29, 0.717) is 21.1 Å². The van der Waals surface area contributed by atoms with E-state index in [0.717, 1.165) is 47.3 Å². The van der Waals surface area contributed by atoms with Gasteiger partial charge in [0.15, 0.2) is 6.61 Å². The Labute approximate surface area is 217 Å². The summed E-state index contributed by atoms with van der Waals surface area (Å²) < 4.78 is 5.37. The fourth-order valence-corrected chi connectivity index (χ4v) is 6.25. The minimum atomic E-state index is -0.719. The van der Waals surface area contributed by atoms with E-state index in [2.05, 4.69) is 16.7 Å². The molecular formula is C27H25N3O4S2. The van der Waals surface area contributed by atoms with Crippen molar-refractivity contribution in [1.82, 2.24) is 0 Å². The maximum absolute atomic E-state index is 13.2. The van der Waals surface area contributed by atoms with Crippen LogP contribution in [0.15, 0.2) is 47.4 Å². The molecule has 4 rings (SSSR count). The van der Waals surface area contributed by atoms with Gasteiger partial charge < -0.3 is 15.4 Å². The van der Waals surface area contributed by atoms with Gasteiger partial charge in [0, 0.05) is 21.9 Å². The van der Waals surface area contributed by atoms with Crippen LogP contribution in [0, 0.1) is 11.3 Å². The number of allylic oxidation sites excluding steroid dienone is 1. The van der Waals surface area contributed by atoms with Crippen LogP contribution in [-0.4, -0.2) is 24.4 Å². The van der Waals surface area contributed by atoms with E-state index >= 15 is 0 Å². The van der Waals surface area contributed by atoms with Crippen LogP contribution < -0.4 is 10.6 Å². The van der Waals surface area contributed by atoms with Gasteiger partial charge in [0.1, 0.15) is 21.6 Å². The Morgan fingerprint density at radius 2 is 1.83 bits per heavy atom. The standard InChI is InChI=1S/C27H25N3O4S2/c1-16(2)12-22(31)29-26-24(20(15-35-26)17-8-4-3-5-9-17)27(33)34-14-23(32)30-25-19(13-28)18-10-6-7-11-21(18)36-25/h3-5,8-9,12,15H,6-7,10-11,14H2,1-2H3,(H,29,31)(H,30,32). The van der Waals surface area contributed by atoms with Crippen LogP contribution >= 0.6 is 22.7 Å². The van der Waals surface area contributed by atoms with Gasteiger partial charge in [0.25, 0.3) is 5.91 Å². The molecule has 0 atom stereocenters. The number of nitrogens with one attached hydrogen (secondary N) is 2. The molecule has 0 bridgehead atoms. The van der Waals surface area contributed by atoms with Crippen LogP contribution in [0.1, 0.15) is 53.1 Å². The smallest absolute Gasteiger partial charge is 0.342 e. The summed E-state index contributed by atoms with van der Waals surface area (Å²) in [5, 5.41) is 17.7. The second-order valence-electron chi connectivity index (χ2n) is 8.58. The molecule has 0 fully saturated rings. The molecule has 0 unspecified atom stereocenters. The Balaban J connectivity index is 1.51. The molecule has 2 N–H and O–H groups in total. The van der Waals surface area contributed by atoms with E-state index in [-0.39, 0.29) is 11.5 Å². The van der Waals surface area contributed by atoms with Gasteiger partial charge in [-0.2, -0.15) is 5.26 Å². The number of fused-ring (bicyclic) bond motifs is 1. The Morgan fingerprint density at radius 3 is 2.56 bits per heavy atom. The lowest BCUT2D eigenvalue weighted by Gasteiger charge is -2.10. The first-order valence-corrected chi connectivity index (χ1v) is 13.2. The molecule has 1 aliphatic carbocycles. The van der Waals surface area contributed by atoms with Gasteiger partial charge in [0.2, 0.25) is 5.91 Å². The van der Waals surface area contributed by atoms with Gasteiger partial charge in [-0.15, -0.1) is 22.7 Å². The minimum Gasteiger partial charge on any atom is -0.452 e. The van der Waals surface area contributed by atoms with Gasteiger partial charge >= 0.3 is 5.97 Å². The lowest BCUT2D eigenvalue weighted by atomic mass is 9.96. The average molecular weight is 520 g/mol.